The Bertz CT molecular complexity index is 1130. The molecule has 0 aliphatic carbocycles. The Hall–Kier alpha value is -3.03. The minimum absolute atomic E-state index is 0.175. The van der Waals surface area contributed by atoms with Crippen LogP contribution in [0.25, 0.3) is 10.9 Å². The van der Waals surface area contributed by atoms with Gasteiger partial charge in [-0.05, 0) is 23.6 Å². The molecular weight excluding hydrogens is 451 g/mol. The number of aromatic amines is 1. The van der Waals surface area contributed by atoms with Gasteiger partial charge >= 0.3 is 6.09 Å². The zero-order valence-corrected chi connectivity index (χ0v) is 19.2. The summed E-state index contributed by atoms with van der Waals surface area (Å²) in [5.74, 6) is -0.320. The first-order valence-corrected chi connectivity index (χ1v) is 10.9. The number of alkyl carbamates (subject to hydrolysis) is 1. The molecule has 0 unspecified atom stereocenters. The molecule has 0 saturated carbocycles. The molecule has 2 amide bonds. The lowest BCUT2D eigenvalue weighted by Gasteiger charge is -2.17. The zero-order chi connectivity index (χ0) is 23.1. The minimum Gasteiger partial charge on any atom is -0.449 e. The van der Waals surface area contributed by atoms with Gasteiger partial charge in [0.1, 0.15) is 6.04 Å². The fourth-order valence-corrected chi connectivity index (χ4v) is 3.38. The van der Waals surface area contributed by atoms with Crippen LogP contribution in [0.2, 0.25) is 10.0 Å². The molecule has 2 aromatic carbocycles. The molecule has 0 aliphatic rings. The van der Waals surface area contributed by atoms with Gasteiger partial charge in [-0.3, -0.25) is 4.79 Å². The minimum atomic E-state index is -0.902. The molecule has 1 aromatic heterocycles. The third kappa shape index (κ3) is 6.24. The number of nitrogens with zero attached hydrogens (tertiary/aromatic N) is 1. The molecule has 1 atom stereocenters. The normalized spacial score (nSPS) is 12.3. The number of hydrogen-bond acceptors (Lipinski definition) is 4. The number of benzene rings is 2. The van der Waals surface area contributed by atoms with Crippen molar-refractivity contribution >= 4 is 52.3 Å². The highest BCUT2D eigenvalue weighted by molar-refractivity contribution is 6.43. The number of hydrogen-bond donors (Lipinski definition) is 3. The number of H-pyrrole nitrogens is 1. The van der Waals surface area contributed by atoms with Crippen LogP contribution in [0.1, 0.15) is 25.0 Å². The lowest BCUT2D eigenvalue weighted by molar-refractivity contribution is -0.123. The van der Waals surface area contributed by atoms with E-state index in [-0.39, 0.29) is 18.9 Å². The molecule has 3 N–H and O–H groups in total. The lowest BCUT2D eigenvalue weighted by Crippen LogP contribution is -2.47. The number of aromatic nitrogens is 1. The van der Waals surface area contributed by atoms with Gasteiger partial charge in [0.05, 0.1) is 22.9 Å². The molecular formula is C23H24Cl2N4O3. The largest absolute Gasteiger partial charge is 0.449 e. The summed E-state index contributed by atoms with van der Waals surface area (Å²) in [5, 5.41) is 8.29. The third-order valence-electron chi connectivity index (χ3n) is 4.62. The Kier molecular flexibility index (Phi) is 8.14. The number of para-hydroxylation sites is 1. The van der Waals surface area contributed by atoms with Gasteiger partial charge in [-0.25, -0.2) is 10.2 Å². The first kappa shape index (κ1) is 23.6. The van der Waals surface area contributed by atoms with Crippen LogP contribution in [0.3, 0.4) is 0 Å². The van der Waals surface area contributed by atoms with Crippen molar-refractivity contribution in [2.45, 2.75) is 26.3 Å². The third-order valence-corrected chi connectivity index (χ3v) is 5.45. The number of carbonyl (C=O) groups excluding carboxylic acids is 2. The van der Waals surface area contributed by atoms with Crippen LogP contribution >= 0.6 is 23.2 Å². The summed E-state index contributed by atoms with van der Waals surface area (Å²) in [6.07, 6.45) is 2.80. The topological polar surface area (TPSA) is 95.6 Å². The van der Waals surface area contributed by atoms with Gasteiger partial charge in [0.25, 0.3) is 5.91 Å². The molecule has 0 spiro atoms. The summed E-state index contributed by atoms with van der Waals surface area (Å²) in [7, 11) is 0. The van der Waals surface area contributed by atoms with Crippen LogP contribution in [0, 0.1) is 5.92 Å². The van der Waals surface area contributed by atoms with Crippen molar-refractivity contribution in [1.29, 1.82) is 0 Å². The molecule has 32 heavy (non-hydrogen) atoms. The highest BCUT2D eigenvalue weighted by atomic mass is 35.5. The van der Waals surface area contributed by atoms with Crippen molar-refractivity contribution in [3.8, 4) is 0 Å². The van der Waals surface area contributed by atoms with E-state index in [0.717, 1.165) is 16.5 Å². The number of rotatable bonds is 8. The van der Waals surface area contributed by atoms with Crippen LogP contribution in [0.5, 0.6) is 0 Å². The molecule has 168 valence electrons. The van der Waals surface area contributed by atoms with E-state index in [1.807, 2.05) is 44.3 Å². The van der Waals surface area contributed by atoms with E-state index in [0.29, 0.717) is 15.6 Å². The molecule has 0 aliphatic heterocycles. The number of ether oxygens (including phenoxy) is 1. The quantitative estimate of drug-likeness (QED) is 0.319. The maximum absolute atomic E-state index is 12.9. The van der Waals surface area contributed by atoms with Crippen molar-refractivity contribution in [2.24, 2.45) is 11.0 Å². The second-order valence-electron chi connectivity index (χ2n) is 7.63. The monoisotopic (exact) mass is 474 g/mol. The Balaban J connectivity index is 1.74. The average molecular weight is 475 g/mol. The SMILES string of the molecule is CC(C)COC(=O)N[C@H](Cc1c[nH]c2ccccc12)C(=O)N/N=C\c1cccc(Cl)c1Cl. The van der Waals surface area contributed by atoms with E-state index in [9.17, 15) is 9.59 Å². The first-order chi connectivity index (χ1) is 15.3. The van der Waals surface area contributed by atoms with Gasteiger partial charge in [0.15, 0.2) is 0 Å². The molecule has 0 fully saturated rings. The molecule has 3 aromatic rings. The molecule has 0 bridgehead atoms. The number of fused-ring (bicyclic) bond motifs is 1. The summed E-state index contributed by atoms with van der Waals surface area (Å²) >= 11 is 12.1. The Morgan fingerprint density at radius 2 is 1.94 bits per heavy atom. The van der Waals surface area contributed by atoms with Crippen LogP contribution in [0.4, 0.5) is 4.79 Å². The van der Waals surface area contributed by atoms with Gasteiger partial charge in [-0.2, -0.15) is 5.10 Å². The van der Waals surface area contributed by atoms with Gasteiger partial charge in [0, 0.05) is 29.1 Å². The highest BCUT2D eigenvalue weighted by Gasteiger charge is 2.23. The van der Waals surface area contributed by atoms with E-state index in [4.69, 9.17) is 27.9 Å². The number of halogens is 2. The van der Waals surface area contributed by atoms with Crippen molar-refractivity contribution in [3.05, 3.63) is 69.8 Å². The zero-order valence-electron chi connectivity index (χ0n) is 17.7. The predicted molar refractivity (Wildman–Crippen MR) is 127 cm³/mol. The summed E-state index contributed by atoms with van der Waals surface area (Å²) in [4.78, 5) is 28.3. The number of hydrazone groups is 1. The second kappa shape index (κ2) is 11.0. The van der Waals surface area contributed by atoms with Crippen molar-refractivity contribution in [2.75, 3.05) is 6.61 Å². The predicted octanol–water partition coefficient (Wildman–Crippen LogP) is 4.92. The van der Waals surface area contributed by atoms with Gasteiger partial charge in [0.2, 0.25) is 0 Å². The fraction of sp³-hybridized carbons (Fsp3) is 0.261. The number of carbonyl (C=O) groups is 2. The fourth-order valence-electron chi connectivity index (χ4n) is 3.02. The van der Waals surface area contributed by atoms with Crippen LogP contribution < -0.4 is 10.7 Å². The number of amides is 2. The standard InChI is InChI=1S/C23H24Cl2N4O3/c1-14(2)13-32-23(31)28-20(10-16-11-26-19-9-4-3-7-17(16)19)22(30)29-27-12-15-6-5-8-18(24)21(15)25/h3-9,11-12,14,20,26H,10,13H2,1-2H3,(H,28,31)(H,29,30)/b27-12-/t20-/m1/s1. The van der Waals surface area contributed by atoms with E-state index in [1.54, 1.807) is 18.2 Å². The smallest absolute Gasteiger partial charge is 0.407 e. The Labute approximate surface area is 196 Å². The Morgan fingerprint density at radius 1 is 1.16 bits per heavy atom. The highest BCUT2D eigenvalue weighted by Crippen LogP contribution is 2.24. The van der Waals surface area contributed by atoms with Crippen molar-refractivity contribution in [1.82, 2.24) is 15.7 Å². The molecule has 9 heteroatoms. The summed E-state index contributed by atoms with van der Waals surface area (Å²) in [5.41, 5.74) is 4.83. The van der Waals surface area contributed by atoms with Crippen LogP contribution in [0.15, 0.2) is 53.8 Å². The van der Waals surface area contributed by atoms with Crippen molar-refractivity contribution in [3.63, 3.8) is 0 Å². The molecule has 1 heterocycles. The first-order valence-electron chi connectivity index (χ1n) is 10.1. The summed E-state index contributed by atoms with van der Waals surface area (Å²) in [6.45, 7) is 4.11. The van der Waals surface area contributed by atoms with Crippen LogP contribution in [-0.2, 0) is 16.0 Å². The van der Waals surface area contributed by atoms with Crippen LogP contribution in [-0.4, -0.2) is 35.8 Å². The summed E-state index contributed by atoms with van der Waals surface area (Å²) < 4.78 is 5.19. The Morgan fingerprint density at radius 3 is 2.72 bits per heavy atom. The van der Waals surface area contributed by atoms with E-state index in [1.165, 1.54) is 6.21 Å². The van der Waals surface area contributed by atoms with Crippen molar-refractivity contribution < 1.29 is 14.3 Å². The lowest BCUT2D eigenvalue weighted by atomic mass is 10.0. The average Bonchev–Trinajstić information content (AvgIpc) is 3.17. The van der Waals surface area contributed by atoms with Gasteiger partial charge in [-0.1, -0.05) is 67.4 Å². The van der Waals surface area contributed by atoms with E-state index >= 15 is 0 Å². The molecule has 0 radical (unpaired) electrons. The van der Waals surface area contributed by atoms with Gasteiger partial charge in [-0.15, -0.1) is 0 Å². The second-order valence-corrected chi connectivity index (χ2v) is 8.42. The number of nitrogens with one attached hydrogen (secondary N) is 3. The molecule has 0 saturated heterocycles. The maximum Gasteiger partial charge on any atom is 0.407 e. The van der Waals surface area contributed by atoms with Gasteiger partial charge < -0.3 is 15.0 Å². The van der Waals surface area contributed by atoms with E-state index in [2.05, 4.69) is 20.8 Å². The summed E-state index contributed by atoms with van der Waals surface area (Å²) in [6, 6.07) is 11.9. The molecule has 7 nitrogen and oxygen atoms in total. The maximum atomic E-state index is 12.9. The molecule has 3 rings (SSSR count). The van der Waals surface area contributed by atoms with E-state index < -0.39 is 18.0 Å².